The Labute approximate surface area is 298 Å². The molecular weight excluding hydrogens is 637 g/mol. The molecule has 0 fully saturated rings. The molecular formula is C47H28N4O. The number of para-hydroxylation sites is 3. The number of rotatable bonds is 4. The van der Waals surface area contributed by atoms with Gasteiger partial charge in [0.1, 0.15) is 17.0 Å². The van der Waals surface area contributed by atoms with Gasteiger partial charge in [-0.1, -0.05) is 121 Å². The maximum absolute atomic E-state index is 6.76. The van der Waals surface area contributed by atoms with Crippen LogP contribution in [0.3, 0.4) is 0 Å². The Morgan fingerprint density at radius 3 is 1.81 bits per heavy atom. The third-order valence-corrected chi connectivity index (χ3v) is 10.2. The number of aromatic nitrogens is 4. The van der Waals surface area contributed by atoms with Crippen LogP contribution in [0, 0.1) is 0 Å². The van der Waals surface area contributed by atoms with Crippen molar-refractivity contribution in [3.63, 3.8) is 0 Å². The number of hydrogen-bond donors (Lipinski definition) is 0. The van der Waals surface area contributed by atoms with Crippen LogP contribution in [0.15, 0.2) is 174 Å². The van der Waals surface area contributed by atoms with Gasteiger partial charge in [0, 0.05) is 60.5 Å². The standard InChI is InChI=1S/C47H28N4O/c1-3-13-29(14-4-1)45-36-25-24-34-37-27-31(23-26-42(37)52-46(34)44(36)35-19-7-10-20-38(35)48-45)39-28-43(50-47(49-39)30-15-5-2-6-16-30)51-40-21-11-8-17-32(40)33-18-9-12-22-41(33)51/h1-28H. The summed E-state index contributed by atoms with van der Waals surface area (Å²) in [7, 11) is 0. The van der Waals surface area contributed by atoms with Crippen LogP contribution < -0.4 is 0 Å². The average molecular weight is 665 g/mol. The van der Waals surface area contributed by atoms with Crippen LogP contribution in [-0.2, 0) is 0 Å². The maximum atomic E-state index is 6.76. The number of fused-ring (bicyclic) bond motifs is 10. The average Bonchev–Trinajstić information content (AvgIpc) is 3.76. The van der Waals surface area contributed by atoms with E-state index in [0.717, 1.165) is 88.5 Å². The summed E-state index contributed by atoms with van der Waals surface area (Å²) in [6, 6.07) is 58.8. The third kappa shape index (κ3) is 4.33. The molecule has 0 aliphatic rings. The summed E-state index contributed by atoms with van der Waals surface area (Å²) in [5, 5.41) is 7.68. The second kappa shape index (κ2) is 11.2. The lowest BCUT2D eigenvalue weighted by atomic mass is 9.97. The predicted octanol–water partition coefficient (Wildman–Crippen LogP) is 12.2. The highest BCUT2D eigenvalue weighted by Crippen LogP contribution is 2.42. The van der Waals surface area contributed by atoms with E-state index in [1.54, 1.807) is 0 Å². The van der Waals surface area contributed by atoms with Gasteiger partial charge in [-0.2, -0.15) is 0 Å². The van der Waals surface area contributed by atoms with Gasteiger partial charge in [0.05, 0.1) is 27.9 Å². The van der Waals surface area contributed by atoms with Crippen molar-refractivity contribution in [2.45, 2.75) is 0 Å². The van der Waals surface area contributed by atoms with Gasteiger partial charge in [0.15, 0.2) is 5.82 Å². The highest BCUT2D eigenvalue weighted by Gasteiger charge is 2.20. The Balaban J connectivity index is 1.16. The van der Waals surface area contributed by atoms with Crippen molar-refractivity contribution in [3.8, 4) is 39.7 Å². The first-order chi connectivity index (χ1) is 25.8. The normalized spacial score (nSPS) is 11.8. The summed E-state index contributed by atoms with van der Waals surface area (Å²) in [4.78, 5) is 15.5. The number of hydrogen-bond acceptors (Lipinski definition) is 4. The van der Waals surface area contributed by atoms with E-state index in [0.29, 0.717) is 5.82 Å². The molecule has 0 N–H and O–H groups in total. The quantitative estimate of drug-likeness (QED) is 0.176. The van der Waals surface area contributed by atoms with Gasteiger partial charge in [0.2, 0.25) is 0 Å². The van der Waals surface area contributed by atoms with E-state index in [1.807, 2.05) is 30.3 Å². The number of furan rings is 1. The van der Waals surface area contributed by atoms with E-state index in [2.05, 4.69) is 144 Å². The molecule has 0 unspecified atom stereocenters. The minimum Gasteiger partial charge on any atom is -0.455 e. The second-order valence-corrected chi connectivity index (χ2v) is 13.2. The van der Waals surface area contributed by atoms with E-state index >= 15 is 0 Å². The van der Waals surface area contributed by atoms with Gasteiger partial charge in [-0.3, -0.25) is 4.57 Å². The lowest BCUT2D eigenvalue weighted by Crippen LogP contribution is -2.02. The molecule has 0 atom stereocenters. The molecule has 4 aromatic heterocycles. The van der Waals surface area contributed by atoms with Gasteiger partial charge >= 0.3 is 0 Å². The highest BCUT2D eigenvalue weighted by atomic mass is 16.3. The molecule has 0 bridgehead atoms. The fraction of sp³-hybridized carbons (Fsp3) is 0. The van der Waals surface area contributed by atoms with E-state index in [-0.39, 0.29) is 0 Å². The summed E-state index contributed by atoms with van der Waals surface area (Å²) in [5.74, 6) is 1.49. The van der Waals surface area contributed by atoms with E-state index < -0.39 is 0 Å². The van der Waals surface area contributed by atoms with Gasteiger partial charge < -0.3 is 4.42 Å². The molecule has 4 heterocycles. The zero-order valence-corrected chi connectivity index (χ0v) is 27.9. The smallest absolute Gasteiger partial charge is 0.162 e. The minimum absolute atomic E-state index is 0.672. The van der Waals surface area contributed by atoms with Crippen molar-refractivity contribution in [2.24, 2.45) is 0 Å². The molecule has 0 saturated carbocycles. The molecule has 52 heavy (non-hydrogen) atoms. The summed E-state index contributed by atoms with van der Waals surface area (Å²) >= 11 is 0. The van der Waals surface area contributed by atoms with Gasteiger partial charge in [-0.05, 0) is 42.5 Å². The zero-order chi connectivity index (χ0) is 34.2. The lowest BCUT2D eigenvalue weighted by Gasteiger charge is -2.12. The SMILES string of the molecule is c1ccc(-c2nc(-c3ccc4oc5c(ccc6c(-c7ccccc7)nc7ccccc7c65)c4c3)cc(-n3c4ccccc4c4ccccc43)n2)cc1. The van der Waals surface area contributed by atoms with Crippen molar-refractivity contribution in [3.05, 3.63) is 170 Å². The van der Waals surface area contributed by atoms with Crippen molar-refractivity contribution >= 4 is 65.4 Å². The Morgan fingerprint density at radius 1 is 0.423 bits per heavy atom. The van der Waals surface area contributed by atoms with E-state index in [9.17, 15) is 0 Å². The second-order valence-electron chi connectivity index (χ2n) is 13.2. The Hall–Kier alpha value is -7.11. The summed E-state index contributed by atoms with van der Waals surface area (Å²) in [5.41, 5.74) is 9.64. The first kappa shape index (κ1) is 28.7. The fourth-order valence-electron chi connectivity index (χ4n) is 7.83. The molecule has 0 saturated heterocycles. The van der Waals surface area contributed by atoms with Crippen molar-refractivity contribution < 1.29 is 4.42 Å². The third-order valence-electron chi connectivity index (χ3n) is 10.2. The summed E-state index contributed by atoms with van der Waals surface area (Å²) in [6.45, 7) is 0. The maximum Gasteiger partial charge on any atom is 0.162 e. The molecule has 5 heteroatoms. The molecule has 0 radical (unpaired) electrons. The molecule has 0 aliphatic carbocycles. The molecule has 0 spiro atoms. The monoisotopic (exact) mass is 664 g/mol. The van der Waals surface area contributed by atoms with Gasteiger partial charge in [-0.15, -0.1) is 0 Å². The highest BCUT2D eigenvalue weighted by molar-refractivity contribution is 6.25. The molecule has 0 aliphatic heterocycles. The largest absolute Gasteiger partial charge is 0.455 e. The van der Waals surface area contributed by atoms with E-state index in [4.69, 9.17) is 19.4 Å². The number of benzene rings is 7. The van der Waals surface area contributed by atoms with Crippen molar-refractivity contribution in [2.75, 3.05) is 0 Å². The summed E-state index contributed by atoms with van der Waals surface area (Å²) in [6.07, 6.45) is 0. The molecule has 11 rings (SSSR count). The number of nitrogens with zero attached hydrogens (tertiary/aromatic N) is 4. The molecule has 11 aromatic rings. The first-order valence-electron chi connectivity index (χ1n) is 17.5. The Bertz CT molecular complexity index is 3130. The molecule has 0 amide bonds. The van der Waals surface area contributed by atoms with Crippen LogP contribution >= 0.6 is 0 Å². The molecule has 242 valence electrons. The minimum atomic E-state index is 0.672. The van der Waals surface area contributed by atoms with Crippen LogP contribution in [-0.4, -0.2) is 19.5 Å². The van der Waals surface area contributed by atoms with Crippen molar-refractivity contribution in [1.29, 1.82) is 0 Å². The summed E-state index contributed by atoms with van der Waals surface area (Å²) < 4.78 is 9.02. The van der Waals surface area contributed by atoms with Crippen molar-refractivity contribution in [1.82, 2.24) is 19.5 Å². The zero-order valence-electron chi connectivity index (χ0n) is 27.9. The number of pyridine rings is 1. The lowest BCUT2D eigenvalue weighted by molar-refractivity contribution is 0.673. The van der Waals surface area contributed by atoms with Crippen LogP contribution in [0.25, 0.3) is 105 Å². The van der Waals surface area contributed by atoms with E-state index in [1.165, 1.54) is 10.8 Å². The van der Waals surface area contributed by atoms with Crippen LogP contribution in [0.1, 0.15) is 0 Å². The van der Waals surface area contributed by atoms with Crippen LogP contribution in [0.2, 0.25) is 0 Å². The molecule has 7 aromatic carbocycles. The Kier molecular flexibility index (Phi) is 6.18. The van der Waals surface area contributed by atoms with Crippen LogP contribution in [0.5, 0.6) is 0 Å². The topological polar surface area (TPSA) is 56.7 Å². The Morgan fingerprint density at radius 2 is 1.06 bits per heavy atom. The van der Waals surface area contributed by atoms with Gasteiger partial charge in [-0.25, -0.2) is 15.0 Å². The van der Waals surface area contributed by atoms with Crippen LogP contribution in [0.4, 0.5) is 0 Å². The first-order valence-corrected chi connectivity index (χ1v) is 17.5. The predicted molar refractivity (Wildman–Crippen MR) is 213 cm³/mol. The molecule has 5 nitrogen and oxygen atoms in total. The fourth-order valence-corrected chi connectivity index (χ4v) is 7.83. The van der Waals surface area contributed by atoms with Gasteiger partial charge in [0.25, 0.3) is 0 Å².